The van der Waals surface area contributed by atoms with Crippen LogP contribution in [0, 0.1) is 19.8 Å². The first-order chi connectivity index (χ1) is 12.0. The molecule has 1 aromatic heterocycles. The minimum Gasteiger partial charge on any atom is -0.478 e. The van der Waals surface area contributed by atoms with Gasteiger partial charge in [0, 0.05) is 18.8 Å². The largest absolute Gasteiger partial charge is 0.478 e. The SMILES string of the molecule is Cc1cc(C)n(CC(C)CNS(=O)(=O)c2cc(C(=O)O)c(Cl)cc2Cl)n1. The van der Waals surface area contributed by atoms with Crippen LogP contribution in [0.5, 0.6) is 0 Å². The van der Waals surface area contributed by atoms with Crippen LogP contribution in [0.15, 0.2) is 23.1 Å². The quantitative estimate of drug-likeness (QED) is 0.717. The topological polar surface area (TPSA) is 101 Å². The van der Waals surface area contributed by atoms with E-state index in [-0.39, 0.29) is 33.0 Å². The Morgan fingerprint density at radius 2 is 1.92 bits per heavy atom. The lowest BCUT2D eigenvalue weighted by atomic mass is 10.2. The third-order valence-electron chi connectivity index (χ3n) is 3.75. The Bertz CT molecular complexity index is 941. The predicted octanol–water partition coefficient (Wildman–Crippen LogP) is 3.12. The first kappa shape index (κ1) is 20.7. The summed E-state index contributed by atoms with van der Waals surface area (Å²) in [5.74, 6) is -1.38. The number of benzene rings is 1. The molecule has 0 aliphatic rings. The average Bonchev–Trinajstić information content (AvgIpc) is 2.82. The van der Waals surface area contributed by atoms with E-state index in [4.69, 9.17) is 28.3 Å². The predicted molar refractivity (Wildman–Crippen MR) is 99.5 cm³/mol. The molecule has 0 saturated heterocycles. The Morgan fingerprint density at radius 1 is 1.27 bits per heavy atom. The first-order valence-corrected chi connectivity index (χ1v) is 9.98. The molecule has 1 aromatic carbocycles. The molecule has 2 N–H and O–H groups in total. The van der Waals surface area contributed by atoms with Crippen molar-refractivity contribution >= 4 is 39.2 Å². The van der Waals surface area contributed by atoms with Crippen LogP contribution in [-0.4, -0.2) is 35.8 Å². The van der Waals surface area contributed by atoms with Crippen LogP contribution in [0.25, 0.3) is 0 Å². The van der Waals surface area contributed by atoms with Crippen molar-refractivity contribution in [2.24, 2.45) is 5.92 Å². The molecule has 0 saturated carbocycles. The molecule has 0 fully saturated rings. The van der Waals surface area contributed by atoms with Gasteiger partial charge in [0.1, 0.15) is 4.90 Å². The highest BCUT2D eigenvalue weighted by molar-refractivity contribution is 7.89. The molecule has 26 heavy (non-hydrogen) atoms. The Labute approximate surface area is 162 Å². The highest BCUT2D eigenvalue weighted by Crippen LogP contribution is 2.28. The second-order valence-corrected chi connectivity index (χ2v) is 8.68. The molecule has 2 rings (SSSR count). The summed E-state index contributed by atoms with van der Waals surface area (Å²) in [7, 11) is -3.99. The van der Waals surface area contributed by atoms with E-state index in [0.717, 1.165) is 23.5 Å². The molecule has 1 atom stereocenters. The lowest BCUT2D eigenvalue weighted by Crippen LogP contribution is -2.30. The third-order valence-corrected chi connectivity index (χ3v) is 5.95. The summed E-state index contributed by atoms with van der Waals surface area (Å²) in [6, 6.07) is 4.01. The van der Waals surface area contributed by atoms with Gasteiger partial charge in [0.25, 0.3) is 0 Å². The zero-order chi connectivity index (χ0) is 19.6. The number of carbonyl (C=O) groups is 1. The maximum Gasteiger partial charge on any atom is 0.337 e. The normalized spacial score (nSPS) is 13.0. The van der Waals surface area contributed by atoms with E-state index in [1.54, 1.807) is 0 Å². The van der Waals surface area contributed by atoms with E-state index >= 15 is 0 Å². The van der Waals surface area contributed by atoms with Gasteiger partial charge in [0.2, 0.25) is 10.0 Å². The molecule has 0 radical (unpaired) electrons. The number of nitrogens with zero attached hydrogens (tertiary/aromatic N) is 2. The van der Waals surface area contributed by atoms with Gasteiger partial charge < -0.3 is 5.11 Å². The Morgan fingerprint density at radius 3 is 2.46 bits per heavy atom. The number of hydrogen-bond acceptors (Lipinski definition) is 4. The summed E-state index contributed by atoms with van der Waals surface area (Å²) in [4.78, 5) is 10.8. The fourth-order valence-corrected chi connectivity index (χ4v) is 4.47. The number of carboxylic acids is 1. The lowest BCUT2D eigenvalue weighted by Gasteiger charge is -2.15. The van der Waals surface area contributed by atoms with Gasteiger partial charge >= 0.3 is 5.97 Å². The standard InChI is InChI=1S/C16H19Cl2N3O4S/c1-9(8-21-11(3)4-10(2)20-21)7-19-26(24,25)15-5-12(16(22)23)13(17)6-14(15)18/h4-6,9,19H,7-8H2,1-3H3,(H,22,23). The van der Waals surface area contributed by atoms with Crippen LogP contribution in [-0.2, 0) is 16.6 Å². The Balaban J connectivity index is 2.15. The van der Waals surface area contributed by atoms with Crippen molar-refractivity contribution in [3.05, 3.63) is 45.2 Å². The molecule has 0 spiro atoms. The summed E-state index contributed by atoms with van der Waals surface area (Å²) in [6.45, 7) is 6.38. The van der Waals surface area contributed by atoms with Crippen molar-refractivity contribution in [2.45, 2.75) is 32.2 Å². The van der Waals surface area contributed by atoms with Gasteiger partial charge in [0.05, 0.1) is 21.3 Å². The molecular formula is C16H19Cl2N3O4S. The molecule has 0 bridgehead atoms. The molecule has 142 valence electrons. The molecule has 0 aliphatic heterocycles. The van der Waals surface area contributed by atoms with Crippen molar-refractivity contribution in [2.75, 3.05) is 6.54 Å². The summed E-state index contributed by atoms with van der Waals surface area (Å²) in [5.41, 5.74) is 1.56. The average molecular weight is 420 g/mol. The number of rotatable bonds is 7. The number of aromatic carboxylic acids is 1. The molecule has 0 aliphatic carbocycles. The molecule has 2 aromatic rings. The molecule has 0 amide bonds. The van der Waals surface area contributed by atoms with Gasteiger partial charge in [-0.3, -0.25) is 4.68 Å². The lowest BCUT2D eigenvalue weighted by molar-refractivity contribution is 0.0697. The van der Waals surface area contributed by atoms with E-state index in [0.29, 0.717) is 6.54 Å². The van der Waals surface area contributed by atoms with Crippen LogP contribution in [0.4, 0.5) is 0 Å². The van der Waals surface area contributed by atoms with Crippen molar-refractivity contribution in [3.63, 3.8) is 0 Å². The highest BCUT2D eigenvalue weighted by Gasteiger charge is 2.23. The summed E-state index contributed by atoms with van der Waals surface area (Å²) in [6.07, 6.45) is 0. The van der Waals surface area contributed by atoms with Gasteiger partial charge in [0.15, 0.2) is 0 Å². The van der Waals surface area contributed by atoms with E-state index in [2.05, 4.69) is 9.82 Å². The second kappa shape index (κ2) is 7.96. The minimum atomic E-state index is -3.99. The number of nitrogens with one attached hydrogen (secondary N) is 1. The van der Waals surface area contributed by atoms with Crippen molar-refractivity contribution in [3.8, 4) is 0 Å². The molecule has 1 unspecified atom stereocenters. The molecule has 7 nitrogen and oxygen atoms in total. The summed E-state index contributed by atoms with van der Waals surface area (Å²) < 4.78 is 29.3. The number of carboxylic acid groups (broad SMARTS) is 1. The number of sulfonamides is 1. The minimum absolute atomic E-state index is 0.0483. The zero-order valence-corrected chi connectivity index (χ0v) is 16.8. The van der Waals surface area contributed by atoms with Gasteiger partial charge in [-0.2, -0.15) is 5.10 Å². The fraction of sp³-hybridized carbons (Fsp3) is 0.375. The van der Waals surface area contributed by atoms with Gasteiger partial charge in [-0.15, -0.1) is 0 Å². The van der Waals surface area contributed by atoms with Gasteiger partial charge in [-0.05, 0) is 38.0 Å². The van der Waals surface area contributed by atoms with Crippen molar-refractivity contribution in [1.82, 2.24) is 14.5 Å². The Kier molecular flexibility index (Phi) is 6.33. The summed E-state index contributed by atoms with van der Waals surface area (Å²) in [5, 5.41) is 13.2. The molecule has 10 heteroatoms. The highest BCUT2D eigenvalue weighted by atomic mass is 35.5. The number of hydrogen-bond donors (Lipinski definition) is 2. The first-order valence-electron chi connectivity index (χ1n) is 7.74. The van der Waals surface area contributed by atoms with Gasteiger partial charge in [-0.25, -0.2) is 17.9 Å². The number of aryl methyl sites for hydroxylation is 2. The number of aromatic nitrogens is 2. The van der Waals surface area contributed by atoms with Crippen molar-refractivity contribution in [1.29, 1.82) is 0 Å². The van der Waals surface area contributed by atoms with Crippen LogP contribution in [0.2, 0.25) is 10.0 Å². The fourth-order valence-electron chi connectivity index (χ4n) is 2.45. The van der Waals surface area contributed by atoms with E-state index < -0.39 is 16.0 Å². The number of halogens is 2. The maximum atomic E-state index is 12.5. The molecular weight excluding hydrogens is 401 g/mol. The van der Waals surface area contributed by atoms with Crippen LogP contribution >= 0.6 is 23.2 Å². The van der Waals surface area contributed by atoms with Crippen LogP contribution in [0.1, 0.15) is 28.7 Å². The zero-order valence-electron chi connectivity index (χ0n) is 14.5. The molecule has 1 heterocycles. The third kappa shape index (κ3) is 4.76. The van der Waals surface area contributed by atoms with Crippen molar-refractivity contribution < 1.29 is 18.3 Å². The second-order valence-electron chi connectivity index (χ2n) is 6.13. The van der Waals surface area contributed by atoms with Crippen LogP contribution in [0.3, 0.4) is 0 Å². The van der Waals surface area contributed by atoms with E-state index in [1.807, 2.05) is 31.5 Å². The summed E-state index contributed by atoms with van der Waals surface area (Å²) >= 11 is 11.7. The maximum absolute atomic E-state index is 12.5. The van der Waals surface area contributed by atoms with E-state index in [1.165, 1.54) is 0 Å². The van der Waals surface area contributed by atoms with Crippen LogP contribution < -0.4 is 4.72 Å². The van der Waals surface area contributed by atoms with E-state index in [9.17, 15) is 13.2 Å². The van der Waals surface area contributed by atoms with Gasteiger partial charge in [-0.1, -0.05) is 30.1 Å². The monoisotopic (exact) mass is 419 g/mol. The Hall–Kier alpha value is -1.61. The smallest absolute Gasteiger partial charge is 0.337 e.